The molecule has 0 saturated carbocycles. The average Bonchev–Trinajstić information content (AvgIpc) is 2.70. The van der Waals surface area contributed by atoms with Gasteiger partial charge in [0.1, 0.15) is 5.82 Å². The number of nitrogens with two attached hydrogens (primary N) is 1. The number of aromatic nitrogens is 2. The molecule has 0 bridgehead atoms. The van der Waals surface area contributed by atoms with Crippen LogP contribution in [0.25, 0.3) is 11.0 Å². The van der Waals surface area contributed by atoms with E-state index in [0.29, 0.717) is 6.04 Å². The number of nitrogens with zero attached hydrogens (tertiary/aromatic N) is 3. The molecular weight excluding hydrogens is 236 g/mol. The van der Waals surface area contributed by atoms with Gasteiger partial charge in [-0.3, -0.25) is 0 Å². The van der Waals surface area contributed by atoms with Crippen molar-refractivity contribution in [3.05, 3.63) is 24.0 Å². The van der Waals surface area contributed by atoms with E-state index >= 15 is 0 Å². The zero-order valence-electron chi connectivity index (χ0n) is 12.3. The molecule has 1 atom stereocenters. The molecule has 4 heteroatoms. The molecule has 1 aromatic carbocycles. The van der Waals surface area contributed by atoms with Gasteiger partial charge in [0, 0.05) is 18.3 Å². The molecule has 4 nitrogen and oxygen atoms in total. The zero-order chi connectivity index (χ0) is 14.0. The van der Waals surface area contributed by atoms with Gasteiger partial charge in [0.15, 0.2) is 0 Å². The topological polar surface area (TPSA) is 47.1 Å². The lowest BCUT2D eigenvalue weighted by Gasteiger charge is -2.24. The van der Waals surface area contributed by atoms with E-state index in [0.717, 1.165) is 36.7 Å². The summed E-state index contributed by atoms with van der Waals surface area (Å²) in [4.78, 5) is 7.06. The predicted molar refractivity (Wildman–Crippen MR) is 81.4 cm³/mol. The van der Waals surface area contributed by atoms with Gasteiger partial charge in [-0.25, -0.2) is 4.98 Å². The Kier molecular flexibility index (Phi) is 4.10. The maximum Gasteiger partial charge on any atom is 0.107 e. The molecule has 2 rings (SSSR count). The highest BCUT2D eigenvalue weighted by molar-refractivity contribution is 5.79. The first-order chi connectivity index (χ1) is 9.06. The second-order valence-corrected chi connectivity index (χ2v) is 5.11. The maximum atomic E-state index is 5.83. The molecule has 0 aliphatic rings. The van der Waals surface area contributed by atoms with E-state index in [2.05, 4.69) is 48.2 Å². The van der Waals surface area contributed by atoms with Gasteiger partial charge in [0.25, 0.3) is 0 Å². The first-order valence-electron chi connectivity index (χ1n) is 7.03. The largest absolute Gasteiger partial charge is 0.399 e. The Morgan fingerprint density at radius 2 is 2.00 bits per heavy atom. The molecule has 0 radical (unpaired) electrons. The third-order valence-electron chi connectivity index (χ3n) is 3.75. The normalized spacial score (nSPS) is 13.3. The van der Waals surface area contributed by atoms with Crippen LogP contribution in [0, 0.1) is 6.92 Å². The Morgan fingerprint density at radius 1 is 1.32 bits per heavy atom. The van der Waals surface area contributed by atoms with Crippen molar-refractivity contribution in [2.24, 2.45) is 0 Å². The van der Waals surface area contributed by atoms with Crippen LogP contribution in [0.1, 0.15) is 32.6 Å². The van der Waals surface area contributed by atoms with Crippen LogP contribution >= 0.6 is 0 Å². The highest BCUT2D eigenvalue weighted by Gasteiger charge is 2.15. The molecular formula is C15H24N4. The number of hydrogen-bond acceptors (Lipinski definition) is 3. The van der Waals surface area contributed by atoms with Crippen LogP contribution in [0.5, 0.6) is 0 Å². The minimum atomic E-state index is 0.411. The molecule has 104 valence electrons. The van der Waals surface area contributed by atoms with Crippen molar-refractivity contribution in [1.82, 2.24) is 14.5 Å². The minimum absolute atomic E-state index is 0.411. The molecule has 1 aromatic heterocycles. The summed E-state index contributed by atoms with van der Waals surface area (Å²) in [5, 5.41) is 0. The Bertz CT molecular complexity index is 555. The zero-order valence-corrected chi connectivity index (χ0v) is 12.3. The summed E-state index contributed by atoms with van der Waals surface area (Å²) in [5.74, 6) is 1.06. The van der Waals surface area contributed by atoms with E-state index < -0.39 is 0 Å². The van der Waals surface area contributed by atoms with Gasteiger partial charge in [-0.1, -0.05) is 13.8 Å². The van der Waals surface area contributed by atoms with Gasteiger partial charge in [-0.15, -0.1) is 0 Å². The average molecular weight is 260 g/mol. The second-order valence-electron chi connectivity index (χ2n) is 5.11. The fraction of sp³-hybridized carbons (Fsp3) is 0.533. The Balaban J connectivity index is 2.36. The maximum absolute atomic E-state index is 5.83. The number of nitrogen functional groups attached to an aromatic ring is 1. The van der Waals surface area contributed by atoms with Gasteiger partial charge in [-0.2, -0.15) is 0 Å². The molecule has 1 heterocycles. The van der Waals surface area contributed by atoms with E-state index in [1.807, 2.05) is 12.1 Å². The van der Waals surface area contributed by atoms with Gasteiger partial charge >= 0.3 is 0 Å². The smallest absolute Gasteiger partial charge is 0.107 e. The number of anilines is 1. The predicted octanol–water partition coefficient (Wildman–Crippen LogP) is 2.83. The van der Waals surface area contributed by atoms with E-state index in [-0.39, 0.29) is 0 Å². The molecule has 0 spiro atoms. The molecule has 19 heavy (non-hydrogen) atoms. The third kappa shape index (κ3) is 2.73. The van der Waals surface area contributed by atoms with Crippen molar-refractivity contribution < 1.29 is 0 Å². The lowest BCUT2D eigenvalue weighted by atomic mass is 10.2. The summed E-state index contributed by atoms with van der Waals surface area (Å²) in [6.45, 7) is 11.9. The van der Waals surface area contributed by atoms with Gasteiger partial charge < -0.3 is 15.2 Å². The fourth-order valence-corrected chi connectivity index (χ4v) is 2.73. The summed E-state index contributed by atoms with van der Waals surface area (Å²) >= 11 is 0. The van der Waals surface area contributed by atoms with E-state index in [4.69, 9.17) is 5.73 Å². The number of benzene rings is 1. The first kappa shape index (κ1) is 13.9. The van der Waals surface area contributed by atoms with Crippen LogP contribution in [-0.4, -0.2) is 34.1 Å². The van der Waals surface area contributed by atoms with Crippen molar-refractivity contribution in [3.8, 4) is 0 Å². The lowest BCUT2D eigenvalue weighted by molar-refractivity contribution is 0.262. The molecule has 2 aromatic rings. The standard InChI is InChI=1S/C15H24N4/c1-5-18(6-2)10-11(3)19-12(4)17-14-9-13(16)7-8-15(14)19/h7-9,11H,5-6,10,16H2,1-4H3. The van der Waals surface area contributed by atoms with Crippen molar-refractivity contribution in [1.29, 1.82) is 0 Å². The Labute approximate surface area is 115 Å². The molecule has 2 N–H and O–H groups in total. The summed E-state index contributed by atoms with van der Waals surface area (Å²) in [6.07, 6.45) is 0. The number of likely N-dealkylation sites (N-methyl/N-ethyl adjacent to an activating group) is 1. The Morgan fingerprint density at radius 3 is 2.63 bits per heavy atom. The fourth-order valence-electron chi connectivity index (χ4n) is 2.73. The second kappa shape index (κ2) is 5.61. The van der Waals surface area contributed by atoms with Gasteiger partial charge in [0.05, 0.1) is 11.0 Å². The van der Waals surface area contributed by atoms with Crippen molar-refractivity contribution in [2.75, 3.05) is 25.4 Å². The van der Waals surface area contributed by atoms with Gasteiger partial charge in [-0.05, 0) is 45.1 Å². The number of hydrogen-bond donors (Lipinski definition) is 1. The van der Waals surface area contributed by atoms with E-state index in [1.165, 1.54) is 5.52 Å². The first-order valence-corrected chi connectivity index (χ1v) is 7.03. The number of imidazole rings is 1. The SMILES string of the molecule is CCN(CC)CC(C)n1c(C)nc2cc(N)ccc21. The van der Waals surface area contributed by atoms with E-state index in [1.54, 1.807) is 0 Å². The molecule has 0 aliphatic carbocycles. The van der Waals surface area contributed by atoms with E-state index in [9.17, 15) is 0 Å². The molecule has 0 aliphatic heterocycles. The Hall–Kier alpha value is -1.55. The monoisotopic (exact) mass is 260 g/mol. The lowest BCUT2D eigenvalue weighted by Crippen LogP contribution is -2.29. The highest BCUT2D eigenvalue weighted by Crippen LogP contribution is 2.23. The summed E-state index contributed by atoms with van der Waals surface area (Å²) in [6, 6.07) is 6.38. The number of aryl methyl sites for hydroxylation is 1. The quantitative estimate of drug-likeness (QED) is 0.841. The van der Waals surface area contributed by atoms with Gasteiger partial charge in [0.2, 0.25) is 0 Å². The minimum Gasteiger partial charge on any atom is -0.399 e. The third-order valence-corrected chi connectivity index (χ3v) is 3.75. The van der Waals surface area contributed by atoms with Crippen molar-refractivity contribution in [3.63, 3.8) is 0 Å². The number of fused-ring (bicyclic) bond motifs is 1. The summed E-state index contributed by atoms with van der Waals surface area (Å²) in [5.41, 5.74) is 8.76. The molecule has 0 saturated heterocycles. The highest BCUT2D eigenvalue weighted by atomic mass is 15.2. The molecule has 1 unspecified atom stereocenters. The van der Waals surface area contributed by atoms with Crippen LogP contribution in [-0.2, 0) is 0 Å². The molecule has 0 amide bonds. The van der Waals surface area contributed by atoms with Crippen molar-refractivity contribution >= 4 is 16.7 Å². The number of rotatable bonds is 5. The van der Waals surface area contributed by atoms with Crippen molar-refractivity contribution in [2.45, 2.75) is 33.7 Å². The van der Waals surface area contributed by atoms with Crippen LogP contribution in [0.15, 0.2) is 18.2 Å². The van der Waals surface area contributed by atoms with Crippen LogP contribution in [0.2, 0.25) is 0 Å². The van der Waals surface area contributed by atoms with Crippen LogP contribution < -0.4 is 5.73 Å². The molecule has 0 fully saturated rings. The van der Waals surface area contributed by atoms with Crippen LogP contribution in [0.3, 0.4) is 0 Å². The summed E-state index contributed by atoms with van der Waals surface area (Å²) < 4.78 is 2.31. The summed E-state index contributed by atoms with van der Waals surface area (Å²) in [7, 11) is 0. The van der Waals surface area contributed by atoms with Crippen LogP contribution in [0.4, 0.5) is 5.69 Å².